The third kappa shape index (κ3) is 5.70. The number of carbonyl (C=O) groups is 1. The Hall–Kier alpha value is -2.52. The van der Waals surface area contributed by atoms with Gasteiger partial charge in [-0.15, -0.1) is 0 Å². The van der Waals surface area contributed by atoms with Crippen molar-refractivity contribution in [3.05, 3.63) is 39.9 Å². The lowest BCUT2D eigenvalue weighted by atomic mass is 9.97. The summed E-state index contributed by atoms with van der Waals surface area (Å²) >= 11 is 1.35. The van der Waals surface area contributed by atoms with Crippen molar-refractivity contribution in [3.63, 3.8) is 0 Å². The van der Waals surface area contributed by atoms with Gasteiger partial charge in [0.15, 0.2) is 11.5 Å². The second-order valence-electron chi connectivity index (χ2n) is 8.27. The molecule has 1 amide bonds. The van der Waals surface area contributed by atoms with Crippen LogP contribution < -0.4 is 20.5 Å². The van der Waals surface area contributed by atoms with E-state index in [-0.39, 0.29) is 24.1 Å². The first kappa shape index (κ1) is 23.6. The fraction of sp³-hybridized carbons (Fsp3) is 0.542. The molecule has 0 radical (unpaired) electrons. The van der Waals surface area contributed by atoms with Gasteiger partial charge in [-0.2, -0.15) is 4.98 Å². The maximum Gasteiger partial charge on any atom is 0.348 e. The average Bonchev–Trinajstić information content (AvgIpc) is 3.30. The van der Waals surface area contributed by atoms with Crippen LogP contribution in [-0.4, -0.2) is 52.5 Å². The maximum atomic E-state index is 12.9. The van der Waals surface area contributed by atoms with Gasteiger partial charge in [0.2, 0.25) is 12.7 Å². The van der Waals surface area contributed by atoms with Crippen LogP contribution in [-0.2, 0) is 24.2 Å². The highest BCUT2D eigenvalue weighted by molar-refractivity contribution is 8.00. The van der Waals surface area contributed by atoms with Crippen LogP contribution in [0.25, 0.3) is 0 Å². The highest BCUT2D eigenvalue weighted by atomic mass is 32.2. The van der Waals surface area contributed by atoms with Gasteiger partial charge in [-0.1, -0.05) is 25.6 Å². The van der Waals surface area contributed by atoms with E-state index in [0.717, 1.165) is 63.0 Å². The molecule has 0 atom stereocenters. The van der Waals surface area contributed by atoms with Gasteiger partial charge in [-0.25, -0.2) is 4.79 Å². The van der Waals surface area contributed by atoms with Gasteiger partial charge < -0.3 is 19.7 Å². The number of fused-ring (bicyclic) bond motifs is 2. The summed E-state index contributed by atoms with van der Waals surface area (Å²) in [6, 6.07) is 5.32. The molecule has 1 N–H and O–H groups in total. The van der Waals surface area contributed by atoms with Gasteiger partial charge in [0.1, 0.15) is 5.03 Å². The van der Waals surface area contributed by atoms with E-state index >= 15 is 0 Å². The zero-order chi connectivity index (χ0) is 23.2. The van der Waals surface area contributed by atoms with E-state index < -0.39 is 0 Å². The third-order valence-electron chi connectivity index (χ3n) is 6.20. The molecule has 8 nitrogen and oxygen atoms in total. The summed E-state index contributed by atoms with van der Waals surface area (Å²) in [7, 11) is 0. The van der Waals surface area contributed by atoms with E-state index in [2.05, 4.69) is 29.0 Å². The number of ether oxygens (including phenoxy) is 2. The van der Waals surface area contributed by atoms with Gasteiger partial charge in [0, 0.05) is 29.6 Å². The van der Waals surface area contributed by atoms with E-state index in [1.807, 2.05) is 4.57 Å². The standard InChI is InChI=1S/C24H32N4O4S/c1-3-27(4-2)12-7-13-28-19-9-6-5-8-18(19)23(26-24(28)30)33-15-22(29)25-17-10-11-20-21(14-17)32-16-31-20/h10-11,14H,3-9,12-13,15-16H2,1-2H3,(H,25,29). The molecule has 0 spiro atoms. The molecular weight excluding hydrogens is 440 g/mol. The summed E-state index contributed by atoms with van der Waals surface area (Å²) in [5.41, 5.74) is 2.71. The van der Waals surface area contributed by atoms with Crippen LogP contribution in [0.15, 0.2) is 28.0 Å². The molecule has 0 fully saturated rings. The molecule has 2 heterocycles. The number of thioether (sulfide) groups is 1. The largest absolute Gasteiger partial charge is 0.454 e. The van der Waals surface area contributed by atoms with Crippen LogP contribution in [0.1, 0.15) is 44.4 Å². The van der Waals surface area contributed by atoms with Crippen molar-refractivity contribution in [2.45, 2.75) is 57.5 Å². The zero-order valence-electron chi connectivity index (χ0n) is 19.4. The van der Waals surface area contributed by atoms with E-state index in [9.17, 15) is 9.59 Å². The van der Waals surface area contributed by atoms with Crippen molar-refractivity contribution in [3.8, 4) is 11.5 Å². The van der Waals surface area contributed by atoms with Crippen LogP contribution in [0.3, 0.4) is 0 Å². The summed E-state index contributed by atoms with van der Waals surface area (Å²) in [6.45, 7) is 8.23. The van der Waals surface area contributed by atoms with Crippen molar-refractivity contribution in [2.24, 2.45) is 0 Å². The average molecular weight is 473 g/mol. The first-order chi connectivity index (χ1) is 16.1. The fourth-order valence-electron chi connectivity index (χ4n) is 4.40. The highest BCUT2D eigenvalue weighted by Crippen LogP contribution is 2.34. The number of carbonyl (C=O) groups excluding carboxylic acids is 1. The van der Waals surface area contributed by atoms with Crippen molar-refractivity contribution < 1.29 is 14.3 Å². The molecule has 9 heteroatoms. The van der Waals surface area contributed by atoms with Crippen molar-refractivity contribution in [2.75, 3.05) is 37.5 Å². The smallest absolute Gasteiger partial charge is 0.348 e. The molecule has 1 aromatic carbocycles. The summed E-state index contributed by atoms with van der Waals surface area (Å²) in [5, 5.41) is 3.59. The minimum absolute atomic E-state index is 0.145. The Kier molecular flexibility index (Phi) is 7.93. The molecule has 1 aliphatic heterocycles. The number of anilines is 1. The molecule has 0 saturated carbocycles. The SMILES string of the molecule is CCN(CC)CCCn1c2c(c(SCC(=O)Nc3ccc4c(c3)OCO4)nc1=O)CCCC2. The Morgan fingerprint density at radius 3 is 2.79 bits per heavy atom. The molecule has 1 aliphatic carbocycles. The minimum atomic E-state index is -0.200. The Balaban J connectivity index is 1.41. The Bertz CT molecular complexity index is 1050. The van der Waals surface area contributed by atoms with Gasteiger partial charge in [-0.05, 0) is 63.9 Å². The van der Waals surface area contributed by atoms with E-state index in [1.165, 1.54) is 11.8 Å². The predicted octanol–water partition coefficient (Wildman–Crippen LogP) is 3.31. The third-order valence-corrected chi connectivity index (χ3v) is 7.22. The number of hydrogen-bond donors (Lipinski definition) is 1. The number of amides is 1. The molecule has 0 unspecified atom stereocenters. The van der Waals surface area contributed by atoms with Crippen LogP contribution in [0.2, 0.25) is 0 Å². The van der Waals surface area contributed by atoms with Gasteiger partial charge in [0.25, 0.3) is 0 Å². The summed E-state index contributed by atoms with van der Waals surface area (Å²) in [6.07, 6.45) is 4.91. The maximum absolute atomic E-state index is 12.9. The topological polar surface area (TPSA) is 85.7 Å². The van der Waals surface area contributed by atoms with E-state index in [4.69, 9.17) is 9.47 Å². The van der Waals surface area contributed by atoms with Crippen molar-refractivity contribution in [1.82, 2.24) is 14.5 Å². The Morgan fingerprint density at radius 1 is 1.18 bits per heavy atom. The quantitative estimate of drug-likeness (QED) is 0.419. The molecular formula is C24H32N4O4S. The Labute approximate surface area is 198 Å². The lowest BCUT2D eigenvalue weighted by molar-refractivity contribution is -0.113. The molecule has 4 rings (SSSR count). The zero-order valence-corrected chi connectivity index (χ0v) is 20.2. The second-order valence-corrected chi connectivity index (χ2v) is 9.23. The number of rotatable bonds is 10. The second kappa shape index (κ2) is 11.1. The predicted molar refractivity (Wildman–Crippen MR) is 129 cm³/mol. The summed E-state index contributed by atoms with van der Waals surface area (Å²) in [4.78, 5) is 32.2. The number of nitrogens with one attached hydrogen (secondary N) is 1. The first-order valence-corrected chi connectivity index (χ1v) is 12.7. The van der Waals surface area contributed by atoms with E-state index in [0.29, 0.717) is 28.8 Å². The van der Waals surface area contributed by atoms with Gasteiger partial charge >= 0.3 is 5.69 Å². The summed E-state index contributed by atoms with van der Waals surface area (Å²) in [5.74, 6) is 1.35. The monoisotopic (exact) mass is 472 g/mol. The normalized spacial score (nSPS) is 14.4. The fourth-order valence-corrected chi connectivity index (χ4v) is 5.27. The number of aromatic nitrogens is 2. The van der Waals surface area contributed by atoms with Gasteiger partial charge in [-0.3, -0.25) is 9.36 Å². The molecule has 2 aliphatic rings. The number of nitrogens with zero attached hydrogens (tertiary/aromatic N) is 3. The minimum Gasteiger partial charge on any atom is -0.454 e. The lowest BCUT2D eigenvalue weighted by Gasteiger charge is -2.23. The van der Waals surface area contributed by atoms with Crippen molar-refractivity contribution >= 4 is 23.4 Å². The molecule has 0 bridgehead atoms. The van der Waals surface area contributed by atoms with Crippen molar-refractivity contribution in [1.29, 1.82) is 0 Å². The molecule has 2 aromatic rings. The first-order valence-electron chi connectivity index (χ1n) is 11.8. The van der Waals surface area contributed by atoms with Crippen LogP contribution >= 0.6 is 11.8 Å². The highest BCUT2D eigenvalue weighted by Gasteiger charge is 2.21. The molecule has 0 saturated heterocycles. The molecule has 178 valence electrons. The van der Waals surface area contributed by atoms with Crippen LogP contribution in [0.5, 0.6) is 11.5 Å². The van der Waals surface area contributed by atoms with Crippen LogP contribution in [0, 0.1) is 0 Å². The van der Waals surface area contributed by atoms with E-state index in [1.54, 1.807) is 18.2 Å². The molecule has 1 aromatic heterocycles. The summed E-state index contributed by atoms with van der Waals surface area (Å²) < 4.78 is 12.5. The number of benzene rings is 1. The Morgan fingerprint density at radius 2 is 1.97 bits per heavy atom. The number of hydrogen-bond acceptors (Lipinski definition) is 7. The molecule has 33 heavy (non-hydrogen) atoms. The van der Waals surface area contributed by atoms with Crippen LogP contribution in [0.4, 0.5) is 5.69 Å². The lowest BCUT2D eigenvalue weighted by Crippen LogP contribution is -2.32. The van der Waals surface area contributed by atoms with Gasteiger partial charge in [0.05, 0.1) is 5.75 Å².